The summed E-state index contributed by atoms with van der Waals surface area (Å²) in [5.41, 5.74) is -0.225. The monoisotopic (exact) mass is 493 g/mol. The molecule has 34 heavy (non-hydrogen) atoms. The highest BCUT2D eigenvalue weighted by Gasteiger charge is 2.36. The van der Waals surface area contributed by atoms with Crippen LogP contribution in [0.1, 0.15) is 28.1 Å². The van der Waals surface area contributed by atoms with Crippen molar-refractivity contribution in [2.45, 2.75) is 25.2 Å². The number of halogens is 3. The molecule has 0 spiro atoms. The van der Waals surface area contributed by atoms with Gasteiger partial charge >= 0.3 is 6.18 Å². The first-order valence-corrected chi connectivity index (χ1v) is 12.3. The van der Waals surface area contributed by atoms with E-state index in [1.54, 1.807) is 30.3 Å². The van der Waals surface area contributed by atoms with Crippen LogP contribution in [0.3, 0.4) is 0 Å². The Bertz CT molecular complexity index is 1300. The lowest BCUT2D eigenvalue weighted by molar-refractivity contribution is -0.137. The Kier molecular flexibility index (Phi) is 6.44. The fourth-order valence-electron chi connectivity index (χ4n) is 3.94. The van der Waals surface area contributed by atoms with Gasteiger partial charge in [0.05, 0.1) is 30.7 Å². The topological polar surface area (TPSA) is 76.8 Å². The van der Waals surface area contributed by atoms with Crippen LogP contribution in [0.5, 0.6) is 5.75 Å². The Hall–Kier alpha value is -3.27. The van der Waals surface area contributed by atoms with E-state index in [9.17, 15) is 26.4 Å². The number of carbonyl (C=O) groups is 1. The molecule has 1 aliphatic heterocycles. The van der Waals surface area contributed by atoms with E-state index in [0.29, 0.717) is 23.5 Å². The van der Waals surface area contributed by atoms with Crippen molar-refractivity contribution in [3.8, 4) is 17.1 Å². The zero-order chi connectivity index (χ0) is 24.5. The van der Waals surface area contributed by atoms with Crippen molar-refractivity contribution < 1.29 is 35.5 Å². The second kappa shape index (κ2) is 9.17. The summed E-state index contributed by atoms with van der Waals surface area (Å²) in [7, 11) is -1.80. The number of ether oxygens (including phenoxy) is 1. The Labute approximate surface area is 194 Å². The van der Waals surface area contributed by atoms with E-state index in [1.807, 2.05) is 0 Å². The summed E-state index contributed by atoms with van der Waals surface area (Å²) in [6.07, 6.45) is -4.20. The summed E-state index contributed by atoms with van der Waals surface area (Å²) >= 11 is 0. The predicted octanol–water partition coefficient (Wildman–Crippen LogP) is 4.80. The van der Waals surface area contributed by atoms with Gasteiger partial charge in [-0.25, -0.2) is 8.42 Å². The van der Waals surface area contributed by atoms with Gasteiger partial charge in [0.1, 0.15) is 17.3 Å². The molecule has 3 aromatic rings. The van der Waals surface area contributed by atoms with Gasteiger partial charge in [0.25, 0.3) is 5.91 Å². The molecule has 2 heterocycles. The zero-order valence-electron chi connectivity index (χ0n) is 18.2. The fraction of sp³-hybridized carbons (Fsp3) is 0.292. The summed E-state index contributed by atoms with van der Waals surface area (Å²) in [6, 6.07) is 13.8. The van der Waals surface area contributed by atoms with Crippen LogP contribution in [0.2, 0.25) is 0 Å². The minimum Gasteiger partial charge on any atom is -0.497 e. The molecule has 1 atom stereocenters. The van der Waals surface area contributed by atoms with Crippen LogP contribution < -0.4 is 4.74 Å². The number of methoxy groups -OCH3 is 1. The first-order valence-electron chi connectivity index (χ1n) is 10.5. The molecule has 1 saturated heterocycles. The molecule has 0 saturated carbocycles. The smallest absolute Gasteiger partial charge is 0.416 e. The maximum Gasteiger partial charge on any atom is 0.416 e. The van der Waals surface area contributed by atoms with Gasteiger partial charge in [0.2, 0.25) is 0 Å². The molecule has 2 aromatic carbocycles. The molecule has 180 valence electrons. The van der Waals surface area contributed by atoms with E-state index in [1.165, 1.54) is 30.2 Å². The Morgan fingerprint density at radius 3 is 2.56 bits per heavy atom. The quantitative estimate of drug-likeness (QED) is 0.493. The number of amides is 1. The van der Waals surface area contributed by atoms with E-state index in [0.717, 1.165) is 12.1 Å². The van der Waals surface area contributed by atoms with Crippen molar-refractivity contribution in [3.05, 3.63) is 77.6 Å². The van der Waals surface area contributed by atoms with Crippen molar-refractivity contribution in [1.29, 1.82) is 0 Å². The molecule has 4 rings (SSSR count). The number of hydrogen-bond acceptors (Lipinski definition) is 5. The van der Waals surface area contributed by atoms with Gasteiger partial charge in [0.15, 0.2) is 9.84 Å². The van der Waals surface area contributed by atoms with E-state index in [-0.39, 0.29) is 29.4 Å². The van der Waals surface area contributed by atoms with Crippen LogP contribution in [0.25, 0.3) is 11.3 Å². The van der Waals surface area contributed by atoms with E-state index < -0.39 is 33.5 Å². The van der Waals surface area contributed by atoms with Crippen LogP contribution in [0.15, 0.2) is 65.1 Å². The molecule has 1 fully saturated rings. The molecule has 0 unspecified atom stereocenters. The third kappa shape index (κ3) is 5.27. The SMILES string of the molecule is COc1cccc(C(=O)N(Cc2ccc(-c3cccc(C(F)(F)F)c3)o2)[C@H]2CCS(=O)(=O)C2)c1. The first-order chi connectivity index (χ1) is 16.1. The Morgan fingerprint density at radius 2 is 1.88 bits per heavy atom. The summed E-state index contributed by atoms with van der Waals surface area (Å²) in [4.78, 5) is 14.8. The average Bonchev–Trinajstić information content (AvgIpc) is 3.42. The molecule has 0 N–H and O–H groups in total. The summed E-state index contributed by atoms with van der Waals surface area (Å²) < 4.78 is 74.3. The average molecular weight is 494 g/mol. The molecule has 1 aliphatic rings. The van der Waals surface area contributed by atoms with Crippen molar-refractivity contribution in [3.63, 3.8) is 0 Å². The second-order valence-corrected chi connectivity index (χ2v) is 10.3. The Balaban J connectivity index is 1.63. The lowest BCUT2D eigenvalue weighted by Gasteiger charge is -2.27. The Morgan fingerprint density at radius 1 is 1.12 bits per heavy atom. The zero-order valence-corrected chi connectivity index (χ0v) is 19.0. The largest absolute Gasteiger partial charge is 0.497 e. The fourth-order valence-corrected chi connectivity index (χ4v) is 5.68. The molecule has 0 radical (unpaired) electrons. The van der Waals surface area contributed by atoms with Crippen molar-refractivity contribution in [2.75, 3.05) is 18.6 Å². The third-order valence-electron chi connectivity index (χ3n) is 5.69. The molecule has 6 nitrogen and oxygen atoms in total. The van der Waals surface area contributed by atoms with Crippen molar-refractivity contribution in [1.82, 2.24) is 4.90 Å². The predicted molar refractivity (Wildman–Crippen MR) is 119 cm³/mol. The van der Waals surface area contributed by atoms with Gasteiger partial charge in [-0.1, -0.05) is 18.2 Å². The van der Waals surface area contributed by atoms with Gasteiger partial charge in [-0.15, -0.1) is 0 Å². The number of sulfone groups is 1. The minimum absolute atomic E-state index is 0.0206. The van der Waals surface area contributed by atoms with Crippen LogP contribution >= 0.6 is 0 Å². The van der Waals surface area contributed by atoms with Crippen molar-refractivity contribution in [2.24, 2.45) is 0 Å². The number of furan rings is 1. The van der Waals surface area contributed by atoms with Crippen LogP contribution in [0.4, 0.5) is 13.2 Å². The summed E-state index contributed by atoms with van der Waals surface area (Å²) in [5.74, 6) is 0.450. The second-order valence-electron chi connectivity index (χ2n) is 8.07. The van der Waals surface area contributed by atoms with Crippen LogP contribution in [0, 0.1) is 0 Å². The van der Waals surface area contributed by atoms with Gasteiger partial charge in [-0.05, 0) is 48.9 Å². The molecule has 10 heteroatoms. The molecule has 0 aliphatic carbocycles. The molecular formula is C24H22F3NO5S. The van der Waals surface area contributed by atoms with Crippen molar-refractivity contribution >= 4 is 15.7 Å². The maximum atomic E-state index is 13.4. The van der Waals surface area contributed by atoms with Gasteiger partial charge in [-0.3, -0.25) is 4.79 Å². The normalized spacial score (nSPS) is 17.5. The minimum atomic E-state index is -4.49. The molecule has 1 aromatic heterocycles. The highest BCUT2D eigenvalue weighted by atomic mass is 32.2. The maximum absolute atomic E-state index is 13.4. The van der Waals surface area contributed by atoms with Crippen LogP contribution in [-0.4, -0.2) is 43.9 Å². The highest BCUT2D eigenvalue weighted by Crippen LogP contribution is 2.33. The lowest BCUT2D eigenvalue weighted by Crippen LogP contribution is -2.40. The number of benzene rings is 2. The van der Waals surface area contributed by atoms with E-state index in [2.05, 4.69) is 0 Å². The molecular weight excluding hydrogens is 471 g/mol. The van der Waals surface area contributed by atoms with E-state index in [4.69, 9.17) is 9.15 Å². The number of nitrogens with zero attached hydrogens (tertiary/aromatic N) is 1. The number of carbonyl (C=O) groups excluding carboxylic acids is 1. The standard InChI is InChI=1S/C24H22F3NO5S/c1-32-20-7-3-5-17(13-20)23(29)28(19-10-11-34(30,31)15-19)14-21-8-9-22(33-21)16-4-2-6-18(12-16)24(25,26)27/h2-9,12-13,19H,10-11,14-15H2,1H3/t19-/m0/s1. The summed E-state index contributed by atoms with van der Waals surface area (Å²) in [5, 5.41) is 0. The number of alkyl halides is 3. The van der Waals surface area contributed by atoms with Gasteiger partial charge < -0.3 is 14.1 Å². The van der Waals surface area contributed by atoms with Gasteiger partial charge in [-0.2, -0.15) is 13.2 Å². The molecule has 0 bridgehead atoms. The first kappa shape index (κ1) is 23.9. The van der Waals surface area contributed by atoms with Gasteiger partial charge in [0, 0.05) is 17.2 Å². The van der Waals surface area contributed by atoms with E-state index >= 15 is 0 Å². The van der Waals surface area contributed by atoms with Crippen LogP contribution in [-0.2, 0) is 22.6 Å². The lowest BCUT2D eigenvalue weighted by atomic mass is 10.1. The summed E-state index contributed by atoms with van der Waals surface area (Å²) in [6.45, 7) is -0.0325. The number of hydrogen-bond donors (Lipinski definition) is 0. The third-order valence-corrected chi connectivity index (χ3v) is 7.44. The highest BCUT2D eigenvalue weighted by molar-refractivity contribution is 7.91. The number of rotatable bonds is 6. The molecule has 1 amide bonds.